The largest absolute Gasteiger partial charge is 0.348 e. The molecule has 1 saturated carbocycles. The van der Waals surface area contributed by atoms with E-state index in [0.717, 1.165) is 31.4 Å². The molecule has 0 heterocycles. The van der Waals surface area contributed by atoms with Gasteiger partial charge in [-0.15, -0.1) is 0 Å². The Kier molecular flexibility index (Phi) is 4.83. The first kappa shape index (κ1) is 15.4. The Morgan fingerprint density at radius 3 is 2.33 bits per heavy atom. The van der Waals surface area contributed by atoms with E-state index in [1.165, 1.54) is 0 Å². The van der Waals surface area contributed by atoms with E-state index in [0.29, 0.717) is 6.54 Å². The number of amides is 3. The summed E-state index contributed by atoms with van der Waals surface area (Å²) in [6, 6.07) is 9.02. The maximum atomic E-state index is 12.4. The lowest BCUT2D eigenvalue weighted by Gasteiger charge is -2.30. The van der Waals surface area contributed by atoms with Crippen LogP contribution in [0, 0.1) is 5.41 Å². The van der Waals surface area contributed by atoms with Crippen LogP contribution in [0.3, 0.4) is 0 Å². The van der Waals surface area contributed by atoms with Gasteiger partial charge >= 0.3 is 6.03 Å². The molecule has 0 atom stereocenters. The predicted octanol–water partition coefficient (Wildman–Crippen LogP) is 2.46. The van der Waals surface area contributed by atoms with Gasteiger partial charge in [0.1, 0.15) is 0 Å². The van der Waals surface area contributed by atoms with Crippen molar-refractivity contribution in [3.8, 4) is 0 Å². The molecule has 0 spiro atoms. The first-order valence-electron chi connectivity index (χ1n) is 7.35. The molecule has 1 aromatic carbocycles. The standard InChI is InChI=1S/C16H23N3O2/c1-19(2)14(20)16(10-6-7-11-16)12-17-15(21)18-13-8-4-3-5-9-13/h3-5,8-9H,6-7,10-12H2,1-2H3,(H2,17,18,21). The molecule has 0 aromatic heterocycles. The second-order valence-corrected chi connectivity index (χ2v) is 5.86. The van der Waals surface area contributed by atoms with Crippen LogP contribution < -0.4 is 10.6 Å². The van der Waals surface area contributed by atoms with Gasteiger partial charge in [0, 0.05) is 26.3 Å². The van der Waals surface area contributed by atoms with Crippen molar-refractivity contribution >= 4 is 17.6 Å². The summed E-state index contributed by atoms with van der Waals surface area (Å²) in [4.78, 5) is 26.0. The van der Waals surface area contributed by atoms with Gasteiger partial charge in [-0.1, -0.05) is 31.0 Å². The highest BCUT2D eigenvalue weighted by atomic mass is 16.2. The highest BCUT2D eigenvalue weighted by Crippen LogP contribution is 2.38. The maximum absolute atomic E-state index is 12.4. The van der Waals surface area contributed by atoms with Crippen LogP contribution in [0.15, 0.2) is 30.3 Å². The normalized spacial score (nSPS) is 16.3. The average Bonchev–Trinajstić information content (AvgIpc) is 2.95. The van der Waals surface area contributed by atoms with E-state index in [4.69, 9.17) is 0 Å². The van der Waals surface area contributed by atoms with E-state index in [1.807, 2.05) is 30.3 Å². The fraction of sp³-hybridized carbons (Fsp3) is 0.500. The van der Waals surface area contributed by atoms with Gasteiger partial charge in [0.15, 0.2) is 0 Å². The highest BCUT2D eigenvalue weighted by Gasteiger charge is 2.42. The van der Waals surface area contributed by atoms with Crippen molar-refractivity contribution < 1.29 is 9.59 Å². The Morgan fingerprint density at radius 2 is 1.76 bits per heavy atom. The number of anilines is 1. The van der Waals surface area contributed by atoms with Gasteiger partial charge in [0.25, 0.3) is 0 Å². The SMILES string of the molecule is CN(C)C(=O)C1(CNC(=O)Nc2ccccc2)CCCC1. The maximum Gasteiger partial charge on any atom is 0.319 e. The lowest BCUT2D eigenvalue weighted by atomic mass is 9.84. The number of benzene rings is 1. The second kappa shape index (κ2) is 6.61. The molecule has 1 aliphatic rings. The van der Waals surface area contributed by atoms with Crippen LogP contribution in [0.5, 0.6) is 0 Å². The minimum absolute atomic E-state index is 0.111. The van der Waals surface area contributed by atoms with Crippen molar-refractivity contribution in [3.63, 3.8) is 0 Å². The number of urea groups is 1. The summed E-state index contributed by atoms with van der Waals surface area (Å²) < 4.78 is 0. The van der Waals surface area contributed by atoms with E-state index < -0.39 is 5.41 Å². The summed E-state index contributed by atoms with van der Waals surface area (Å²) >= 11 is 0. The van der Waals surface area contributed by atoms with Gasteiger partial charge < -0.3 is 15.5 Å². The quantitative estimate of drug-likeness (QED) is 0.894. The molecular formula is C16H23N3O2. The number of nitrogens with zero attached hydrogens (tertiary/aromatic N) is 1. The van der Waals surface area contributed by atoms with Crippen LogP contribution >= 0.6 is 0 Å². The summed E-state index contributed by atoms with van der Waals surface area (Å²) in [5, 5.41) is 5.63. The first-order chi connectivity index (χ1) is 10.0. The molecule has 3 amide bonds. The van der Waals surface area contributed by atoms with Crippen LogP contribution in [-0.4, -0.2) is 37.5 Å². The molecule has 1 aliphatic carbocycles. The Bertz CT molecular complexity index is 494. The Hall–Kier alpha value is -2.04. The molecule has 0 aliphatic heterocycles. The fourth-order valence-corrected chi connectivity index (χ4v) is 2.94. The van der Waals surface area contributed by atoms with Crippen molar-refractivity contribution in [2.75, 3.05) is 26.0 Å². The number of rotatable bonds is 4. The van der Waals surface area contributed by atoms with Crippen molar-refractivity contribution in [1.29, 1.82) is 0 Å². The molecule has 0 radical (unpaired) electrons. The predicted molar refractivity (Wildman–Crippen MR) is 83.1 cm³/mol. The number of hydrogen-bond acceptors (Lipinski definition) is 2. The summed E-state index contributed by atoms with van der Waals surface area (Å²) in [5.74, 6) is 0.111. The molecule has 1 fully saturated rings. The number of nitrogens with one attached hydrogen (secondary N) is 2. The summed E-state index contributed by atoms with van der Waals surface area (Å²) in [6.07, 6.45) is 3.77. The monoisotopic (exact) mass is 289 g/mol. The minimum atomic E-state index is -0.433. The molecular weight excluding hydrogens is 266 g/mol. The second-order valence-electron chi connectivity index (χ2n) is 5.86. The summed E-state index contributed by atoms with van der Waals surface area (Å²) in [5.41, 5.74) is 0.312. The van der Waals surface area contributed by atoms with Gasteiger partial charge in [0.05, 0.1) is 5.41 Å². The molecule has 21 heavy (non-hydrogen) atoms. The molecule has 0 unspecified atom stereocenters. The fourth-order valence-electron chi connectivity index (χ4n) is 2.94. The topological polar surface area (TPSA) is 61.4 Å². The molecule has 0 saturated heterocycles. The van der Waals surface area contributed by atoms with Gasteiger partial charge in [-0.3, -0.25) is 4.79 Å². The van der Waals surface area contributed by atoms with Crippen LogP contribution in [0.1, 0.15) is 25.7 Å². The smallest absolute Gasteiger partial charge is 0.319 e. The zero-order chi connectivity index (χ0) is 15.3. The van der Waals surface area contributed by atoms with Gasteiger partial charge in [-0.05, 0) is 25.0 Å². The summed E-state index contributed by atoms with van der Waals surface area (Å²) in [7, 11) is 3.54. The van der Waals surface area contributed by atoms with E-state index in [9.17, 15) is 9.59 Å². The molecule has 5 nitrogen and oxygen atoms in total. The highest BCUT2D eigenvalue weighted by molar-refractivity contribution is 5.90. The van der Waals surface area contributed by atoms with Gasteiger partial charge in [-0.25, -0.2) is 4.79 Å². The molecule has 0 bridgehead atoms. The van der Waals surface area contributed by atoms with Crippen molar-refractivity contribution in [3.05, 3.63) is 30.3 Å². The average molecular weight is 289 g/mol. The minimum Gasteiger partial charge on any atom is -0.348 e. The number of carbonyl (C=O) groups excluding carboxylic acids is 2. The van der Waals surface area contributed by atoms with E-state index >= 15 is 0 Å². The van der Waals surface area contributed by atoms with Crippen molar-refractivity contribution in [2.45, 2.75) is 25.7 Å². The molecule has 114 valence electrons. The van der Waals surface area contributed by atoms with Crippen LogP contribution in [0.25, 0.3) is 0 Å². The number of carbonyl (C=O) groups is 2. The van der Waals surface area contributed by atoms with E-state index in [-0.39, 0.29) is 11.9 Å². The lowest BCUT2D eigenvalue weighted by molar-refractivity contribution is -0.138. The summed E-state index contributed by atoms with van der Waals surface area (Å²) in [6.45, 7) is 0.392. The Labute approximate surface area is 125 Å². The van der Waals surface area contributed by atoms with Gasteiger partial charge in [-0.2, -0.15) is 0 Å². The van der Waals surface area contributed by atoms with Crippen molar-refractivity contribution in [1.82, 2.24) is 10.2 Å². The van der Waals surface area contributed by atoms with E-state index in [1.54, 1.807) is 19.0 Å². The zero-order valence-electron chi connectivity index (χ0n) is 12.7. The van der Waals surface area contributed by atoms with Crippen LogP contribution in [0.4, 0.5) is 10.5 Å². The molecule has 2 N–H and O–H groups in total. The third-order valence-electron chi connectivity index (χ3n) is 4.04. The number of para-hydroxylation sites is 1. The Morgan fingerprint density at radius 1 is 1.14 bits per heavy atom. The van der Waals surface area contributed by atoms with Crippen molar-refractivity contribution in [2.24, 2.45) is 5.41 Å². The third-order valence-corrected chi connectivity index (χ3v) is 4.04. The zero-order valence-corrected chi connectivity index (χ0v) is 12.7. The third kappa shape index (κ3) is 3.74. The van der Waals surface area contributed by atoms with Gasteiger partial charge in [0.2, 0.25) is 5.91 Å². The molecule has 1 aromatic rings. The van der Waals surface area contributed by atoms with Crippen LogP contribution in [0.2, 0.25) is 0 Å². The number of hydrogen-bond donors (Lipinski definition) is 2. The Balaban J connectivity index is 1.93. The molecule has 5 heteroatoms. The van der Waals surface area contributed by atoms with E-state index in [2.05, 4.69) is 10.6 Å². The lowest BCUT2D eigenvalue weighted by Crippen LogP contribution is -2.47. The first-order valence-corrected chi connectivity index (χ1v) is 7.35. The molecule has 2 rings (SSSR count). The van der Waals surface area contributed by atoms with Crippen LogP contribution in [-0.2, 0) is 4.79 Å².